The number of nitrogens with one attached hydrogen (secondary N) is 13. The lowest BCUT2D eigenvalue weighted by Gasteiger charge is -2.36. The summed E-state index contributed by atoms with van der Waals surface area (Å²) < 4.78 is 5.33. The van der Waals surface area contributed by atoms with Crippen LogP contribution in [0.4, 0.5) is 0 Å². The molecule has 44 nitrogen and oxygen atoms in total. The number of unbranched alkanes of at least 4 members (excludes halogenated alkanes) is 3. The Kier molecular flexibility index (Phi) is 40.6. The number of ether oxygens (including phenoxy) is 1. The first-order valence-corrected chi connectivity index (χ1v) is 47.1. The summed E-state index contributed by atoms with van der Waals surface area (Å²) in [4.78, 5) is 282. The minimum absolute atomic E-state index is 0.0233. The van der Waals surface area contributed by atoms with Crippen molar-refractivity contribution in [2.75, 3.05) is 72.5 Å². The van der Waals surface area contributed by atoms with Crippen molar-refractivity contribution < 1.29 is 106 Å². The van der Waals surface area contributed by atoms with Crippen LogP contribution in [-0.2, 0) is 112 Å². The molecule has 9 rings (SSSR count). The normalized spacial score (nSPS) is 24.5. The van der Waals surface area contributed by atoms with Crippen LogP contribution >= 0.6 is 11.8 Å². The van der Waals surface area contributed by atoms with Gasteiger partial charge >= 0.3 is 11.9 Å². The Labute approximate surface area is 795 Å². The molecule has 3 fully saturated rings. The minimum atomic E-state index is -1.91. The number of nitrogens with zero attached hydrogens (tertiary/aromatic N) is 6. The molecule has 6 heterocycles. The number of carboxylic acids is 2. The number of H-pyrrole nitrogens is 3. The first-order valence-electron chi connectivity index (χ1n) is 46.0. The van der Waals surface area contributed by atoms with Crippen LogP contribution in [0.3, 0.4) is 0 Å². The number of para-hydroxylation sites is 2. The molecule has 3 aliphatic heterocycles. The molecule has 744 valence electrons. The highest BCUT2D eigenvalue weighted by molar-refractivity contribution is 8.00. The van der Waals surface area contributed by atoms with Crippen LogP contribution in [0.2, 0.25) is 0 Å². The molecule has 0 bridgehead atoms. The number of primary amides is 1. The maximum atomic E-state index is 15.8. The summed E-state index contributed by atoms with van der Waals surface area (Å²) in [7, 11) is 5.27. The zero-order valence-corrected chi connectivity index (χ0v) is 78.7. The summed E-state index contributed by atoms with van der Waals surface area (Å²) in [6.45, 7) is 3.38. The molecule has 0 saturated carbocycles. The number of carbonyl (C=O) groups is 18. The lowest BCUT2D eigenvalue weighted by atomic mass is 9.99. The second kappa shape index (κ2) is 51.9. The van der Waals surface area contributed by atoms with Crippen molar-refractivity contribution in [1.82, 2.24) is 97.6 Å². The third kappa shape index (κ3) is 30.0. The van der Waals surface area contributed by atoms with Crippen molar-refractivity contribution in [1.29, 1.82) is 0 Å². The summed E-state index contributed by atoms with van der Waals surface area (Å²) in [5.41, 5.74) is 20.7. The van der Waals surface area contributed by atoms with E-state index in [4.69, 9.17) is 21.9 Å². The fraction of sp³-hybridized carbons (Fsp3) is 0.533. The molecule has 22 N–H and O–H groups in total. The highest BCUT2D eigenvalue weighted by atomic mass is 32.2. The van der Waals surface area contributed by atoms with Gasteiger partial charge in [0.25, 0.3) is 0 Å². The first kappa shape index (κ1) is 107. The maximum Gasteiger partial charge on any atom is 0.305 e. The van der Waals surface area contributed by atoms with Gasteiger partial charge in [0.05, 0.1) is 38.3 Å². The number of aliphatic hydroxyl groups excluding tert-OH is 1. The third-order valence-electron chi connectivity index (χ3n) is 24.7. The number of hydrogen-bond acceptors (Lipinski definition) is 24. The zero-order valence-electron chi connectivity index (χ0n) is 77.9. The highest BCUT2D eigenvalue weighted by Crippen LogP contribution is 2.28. The van der Waals surface area contributed by atoms with Gasteiger partial charge in [-0.2, -0.15) is 0 Å². The number of methoxy groups -OCH3 is 1. The van der Waals surface area contributed by atoms with Crippen LogP contribution in [-0.4, -0.2) is 329 Å². The third-order valence-corrected chi connectivity index (χ3v) is 25.7. The molecule has 3 aromatic carbocycles. The number of likely N-dealkylation sites (N-methyl/N-ethyl adjacent to an activating group) is 3. The van der Waals surface area contributed by atoms with E-state index in [9.17, 15) is 63.3 Å². The number of carboxylic acid groups (broad SMARTS) is 2. The largest absolute Gasteiger partial charge is 0.497 e. The maximum absolute atomic E-state index is 15.8. The van der Waals surface area contributed by atoms with Crippen LogP contribution in [0.5, 0.6) is 5.75 Å². The van der Waals surface area contributed by atoms with Crippen molar-refractivity contribution >= 4 is 140 Å². The fourth-order valence-corrected chi connectivity index (χ4v) is 17.8. The number of thioether (sulfide) groups is 1. The van der Waals surface area contributed by atoms with Gasteiger partial charge in [-0.05, 0) is 119 Å². The Morgan fingerprint density at radius 2 is 1.07 bits per heavy atom. The van der Waals surface area contributed by atoms with E-state index in [1.165, 1.54) is 47.7 Å². The van der Waals surface area contributed by atoms with Gasteiger partial charge in [0.15, 0.2) is 0 Å². The number of carbonyl (C=O) groups excluding carboxylic acids is 16. The molecular formula is C92H128N22O22S. The van der Waals surface area contributed by atoms with Crippen LogP contribution in [0.1, 0.15) is 146 Å². The second-order valence-corrected chi connectivity index (χ2v) is 35.6. The number of imidazole rings is 1. The van der Waals surface area contributed by atoms with Crippen LogP contribution in [0.15, 0.2) is 97.7 Å². The van der Waals surface area contributed by atoms with E-state index in [2.05, 4.69) is 73.1 Å². The Balaban J connectivity index is 1.11. The number of aliphatic hydroxyl groups is 1. The summed E-state index contributed by atoms with van der Waals surface area (Å²) in [6.07, 6.45) is 2.31. The van der Waals surface area contributed by atoms with Gasteiger partial charge in [0.1, 0.15) is 90.3 Å². The van der Waals surface area contributed by atoms with Gasteiger partial charge in [-0.3, -0.25) is 86.3 Å². The molecule has 6 aromatic rings. The van der Waals surface area contributed by atoms with Gasteiger partial charge in [-0.25, -0.2) is 4.98 Å². The van der Waals surface area contributed by atoms with E-state index in [1.54, 1.807) is 92.1 Å². The molecule has 16 amide bonds. The van der Waals surface area contributed by atoms with Crippen LogP contribution in [0.25, 0.3) is 21.8 Å². The van der Waals surface area contributed by atoms with E-state index in [-0.39, 0.29) is 96.7 Å². The summed E-state index contributed by atoms with van der Waals surface area (Å²) >= 11 is 0.721. The number of nitrogens with two attached hydrogens (primary N) is 3. The molecule has 15 atom stereocenters. The van der Waals surface area contributed by atoms with E-state index in [1.807, 2.05) is 6.92 Å². The molecule has 0 radical (unpaired) electrons. The predicted octanol–water partition coefficient (Wildman–Crippen LogP) is -1.99. The van der Waals surface area contributed by atoms with Crippen molar-refractivity contribution in [3.63, 3.8) is 0 Å². The van der Waals surface area contributed by atoms with Gasteiger partial charge in [0.2, 0.25) is 94.5 Å². The monoisotopic (exact) mass is 1920 g/mol. The summed E-state index contributed by atoms with van der Waals surface area (Å²) in [6, 6.07) is -1.68. The molecule has 3 aromatic heterocycles. The summed E-state index contributed by atoms with van der Waals surface area (Å²) in [5.74, 6) is -19.0. The van der Waals surface area contributed by atoms with Crippen molar-refractivity contribution in [3.8, 4) is 5.75 Å². The minimum Gasteiger partial charge on any atom is -0.497 e. The molecule has 137 heavy (non-hydrogen) atoms. The molecule has 3 saturated heterocycles. The zero-order chi connectivity index (χ0) is 99.9. The number of aromatic amines is 3. The number of hydrogen-bond donors (Lipinski definition) is 19. The molecule has 0 unspecified atom stereocenters. The SMILES string of the molecule is CCCC[C@H]1C(=O)N(C)[C@@H](CCCC)C(=O)N[C@@H](CCC(=O)O)C(=O)N[C@H](C(=O)NCC(N)=O)CSCC(=O)N[C@@H](Cc2ccc(OC)cc2)C(=O)N(C)[C@@H](C)C(=O)N[C@H](CC(=O)O)C(=O)N2CCC[C@H]2C(=O)N[C@@H](Cc2cnc[nH]2)C(=O)N[C@@H](CCCCN)C(=O)N2C[C@H](O)C[C@H]2C(=O)N[C@@H](Cc2c[nH]c3ccccc23)C(=O)N[C@@H](CCN)C(=O)N[C@@H](Cc2c[nH]c3ccccc23)C(=O)N1C. The van der Waals surface area contributed by atoms with Crippen molar-refractivity contribution in [3.05, 3.63) is 120 Å². The van der Waals surface area contributed by atoms with Gasteiger partial charge in [-0.15, -0.1) is 11.8 Å². The average molecular weight is 1930 g/mol. The fourth-order valence-electron chi connectivity index (χ4n) is 16.9. The van der Waals surface area contributed by atoms with Crippen molar-refractivity contribution in [2.45, 2.75) is 240 Å². The lowest BCUT2D eigenvalue weighted by Crippen LogP contribution is -2.61. The molecule has 3 aliphatic rings. The Hall–Kier alpha value is -13.6. The first-order chi connectivity index (χ1) is 65.5. The molecule has 0 aliphatic carbocycles. The Bertz CT molecular complexity index is 5250. The van der Waals surface area contributed by atoms with Crippen molar-refractivity contribution in [2.24, 2.45) is 17.2 Å². The summed E-state index contributed by atoms with van der Waals surface area (Å²) in [5, 5.41) is 59.5. The Morgan fingerprint density at radius 3 is 1.66 bits per heavy atom. The lowest BCUT2D eigenvalue weighted by molar-refractivity contribution is -0.149. The number of rotatable bonds is 29. The standard InChI is InChI=1S/C92H128N22O22S/c1-8-10-24-71-85(128)103-62(31-32-77(118)119)81(124)109-70(80(123)99-46-75(95)116)48-137-49-76(117)101-67(37-52-27-29-57(136-7)30-28-52)88(131)110(4)51(3)79(122)107-69(42-78(120)121)91(134)113-36-18-26-72(113)86(129)106-66(40-55-45-96-50-100-55)84(127)104-64(23-16-17-34-93)90(133)114-47-56(115)41-74(114)87(130)105-65(38-53-43-97-60-21-14-12-19-58(53)60)83(126)102-63(33-35-94)82(125)108-68(39-54-44-98-61-22-15-13-20-59(54)61)89(132)112(6)73(25-11-9-2)92(135)111(71)5/h12-15,19-22,27-30,43-45,50-51,56,62-74,97-98,115H,8-11,16-18,23-26,31-42,46-49,93-94H2,1-7H3,(H2,95,116)(H,96,100)(H,99,123)(H,101,117)(H,102,126)(H,103,128)(H,104,127)(H,105,130)(H,106,129)(H,107,122)(H,108,125)(H,109,124)(H,118,119)(H,120,121)/t51-,56+,62-,63-,64-,65-,66-,67-,68-,69+,70-,71-,72-,73-,74-/m0/s1. The number of aliphatic carboxylic acids is 2. The van der Waals surface area contributed by atoms with E-state index >= 15 is 38.4 Å². The number of amides is 16. The number of fused-ring (bicyclic) bond motifs is 4. The molecule has 0 spiro atoms. The van der Waals surface area contributed by atoms with Gasteiger partial charge in [-0.1, -0.05) is 88.1 Å². The van der Waals surface area contributed by atoms with Crippen LogP contribution < -0.4 is 75.1 Å². The predicted molar refractivity (Wildman–Crippen MR) is 501 cm³/mol. The Morgan fingerprint density at radius 1 is 0.526 bits per heavy atom. The number of aromatic nitrogens is 4. The van der Waals surface area contributed by atoms with E-state index < -0.39 is 247 Å². The number of benzene rings is 3. The van der Waals surface area contributed by atoms with E-state index in [0.29, 0.717) is 75.6 Å². The van der Waals surface area contributed by atoms with Gasteiger partial charge < -0.3 is 130 Å². The molecule has 45 heteroatoms. The highest BCUT2D eigenvalue weighted by Gasteiger charge is 2.47. The molecular weight excluding hydrogens is 1800 g/mol. The quantitative estimate of drug-likeness (QED) is 0.0226. The van der Waals surface area contributed by atoms with Crippen LogP contribution in [0, 0.1) is 0 Å². The smallest absolute Gasteiger partial charge is 0.305 e. The second-order valence-electron chi connectivity index (χ2n) is 34.6. The van der Waals surface area contributed by atoms with E-state index in [0.717, 1.165) is 36.3 Å². The topological polar surface area (TPSA) is 652 Å². The average Bonchev–Trinajstić information content (AvgIpc) is 1.71. The van der Waals surface area contributed by atoms with Gasteiger partial charge in [0, 0.05) is 125 Å².